The Bertz CT molecular complexity index is 540. The number of esters is 1. The lowest BCUT2D eigenvalue weighted by Gasteiger charge is -2.21. The second-order valence-electron chi connectivity index (χ2n) is 4.02. The van der Waals surface area contributed by atoms with Crippen molar-refractivity contribution >= 4 is 16.0 Å². The predicted octanol–water partition coefficient (Wildman–Crippen LogP) is -0.380. The molecule has 8 nitrogen and oxygen atoms in total. The largest absolute Gasteiger partial charge is 0.469 e. The highest BCUT2D eigenvalue weighted by molar-refractivity contribution is 7.89. The van der Waals surface area contributed by atoms with E-state index in [-0.39, 0.29) is 31.1 Å². The van der Waals surface area contributed by atoms with Crippen LogP contribution in [0.2, 0.25) is 0 Å². The van der Waals surface area contributed by atoms with Crippen LogP contribution in [-0.4, -0.2) is 62.4 Å². The lowest BCUT2D eigenvalue weighted by molar-refractivity contribution is -0.140. The summed E-state index contributed by atoms with van der Waals surface area (Å²) in [7, 11) is 0.568. The van der Waals surface area contributed by atoms with Gasteiger partial charge in [0, 0.05) is 27.2 Å². The molecule has 0 aliphatic rings. The lowest BCUT2D eigenvalue weighted by atomic mass is 10.4. The van der Waals surface area contributed by atoms with E-state index in [4.69, 9.17) is 4.74 Å². The maximum Gasteiger partial charge on any atom is 0.306 e. The molecule has 0 spiro atoms. The quantitative estimate of drug-likeness (QED) is 0.608. The molecular weight excluding hydrogens is 286 g/mol. The van der Waals surface area contributed by atoms with E-state index in [2.05, 4.69) is 9.84 Å². The molecule has 0 saturated carbocycles. The minimum absolute atomic E-state index is 0.0166. The van der Waals surface area contributed by atoms with Crippen LogP contribution in [0.5, 0.6) is 0 Å². The molecule has 9 heteroatoms. The fourth-order valence-electron chi connectivity index (χ4n) is 1.61. The Hall–Kier alpha value is -1.45. The fraction of sp³-hybridized carbons (Fsp3) is 0.636. The van der Waals surface area contributed by atoms with Crippen LogP contribution in [0.15, 0.2) is 17.3 Å². The highest BCUT2D eigenvalue weighted by Gasteiger charge is 2.27. The number of carbonyl (C=O) groups excluding carboxylic acids is 1. The average molecular weight is 305 g/mol. The molecule has 0 aliphatic heterocycles. The molecule has 0 aliphatic carbocycles. The minimum atomic E-state index is -3.72. The molecular formula is C11H19N3O5S. The smallest absolute Gasteiger partial charge is 0.306 e. The number of carbonyl (C=O) groups is 1. The molecule has 0 N–H and O–H groups in total. The number of ether oxygens (including phenoxy) is 2. The van der Waals surface area contributed by atoms with Crippen molar-refractivity contribution in [2.75, 3.05) is 33.9 Å². The Morgan fingerprint density at radius 2 is 2.10 bits per heavy atom. The molecule has 0 amide bonds. The van der Waals surface area contributed by atoms with Crippen molar-refractivity contribution in [1.29, 1.82) is 0 Å². The molecule has 0 radical (unpaired) electrons. The lowest BCUT2D eigenvalue weighted by Crippen LogP contribution is -2.36. The van der Waals surface area contributed by atoms with Crippen molar-refractivity contribution < 1.29 is 22.7 Å². The summed E-state index contributed by atoms with van der Waals surface area (Å²) < 4.78 is 36.8. The third kappa shape index (κ3) is 4.02. The second kappa shape index (κ2) is 7.36. The molecule has 1 heterocycles. The van der Waals surface area contributed by atoms with Gasteiger partial charge >= 0.3 is 5.97 Å². The fourth-order valence-corrected chi connectivity index (χ4v) is 3.14. The highest BCUT2D eigenvalue weighted by Crippen LogP contribution is 2.14. The topological polar surface area (TPSA) is 90.7 Å². The molecule has 0 atom stereocenters. The van der Waals surface area contributed by atoms with Gasteiger partial charge in [-0.1, -0.05) is 0 Å². The van der Waals surface area contributed by atoms with Gasteiger partial charge in [0.2, 0.25) is 0 Å². The van der Waals surface area contributed by atoms with Crippen LogP contribution in [0, 0.1) is 0 Å². The summed E-state index contributed by atoms with van der Waals surface area (Å²) in [5.41, 5.74) is 0. The van der Waals surface area contributed by atoms with E-state index in [1.54, 1.807) is 7.05 Å². The number of hydrogen-bond donors (Lipinski definition) is 0. The highest BCUT2D eigenvalue weighted by atomic mass is 32.2. The number of methoxy groups -OCH3 is 2. The monoisotopic (exact) mass is 305 g/mol. The van der Waals surface area contributed by atoms with Gasteiger partial charge in [0.15, 0.2) is 5.03 Å². The molecule has 0 fully saturated rings. The number of sulfonamides is 1. The third-order valence-electron chi connectivity index (χ3n) is 2.72. The van der Waals surface area contributed by atoms with Crippen LogP contribution in [0.25, 0.3) is 0 Å². The van der Waals surface area contributed by atoms with Gasteiger partial charge in [-0.3, -0.25) is 9.48 Å². The number of hydrogen-bond acceptors (Lipinski definition) is 6. The van der Waals surface area contributed by atoms with Crippen LogP contribution in [0.1, 0.15) is 6.42 Å². The molecule has 1 rings (SSSR count). The Morgan fingerprint density at radius 1 is 1.40 bits per heavy atom. The number of aryl methyl sites for hydroxylation is 1. The number of nitrogens with zero attached hydrogens (tertiary/aromatic N) is 3. The van der Waals surface area contributed by atoms with Crippen LogP contribution < -0.4 is 0 Å². The van der Waals surface area contributed by atoms with E-state index < -0.39 is 16.0 Å². The van der Waals surface area contributed by atoms with Crippen molar-refractivity contribution in [3.05, 3.63) is 12.3 Å². The molecule has 0 saturated heterocycles. The molecule has 114 valence electrons. The summed E-state index contributed by atoms with van der Waals surface area (Å²) in [6.45, 7) is 0.419. The Morgan fingerprint density at radius 3 is 2.60 bits per heavy atom. The van der Waals surface area contributed by atoms with E-state index in [1.807, 2.05) is 0 Å². The second-order valence-corrected chi connectivity index (χ2v) is 5.90. The first-order chi connectivity index (χ1) is 9.43. The zero-order valence-electron chi connectivity index (χ0n) is 11.8. The summed E-state index contributed by atoms with van der Waals surface area (Å²) in [5.74, 6) is -0.465. The zero-order valence-corrected chi connectivity index (χ0v) is 12.6. The van der Waals surface area contributed by atoms with Crippen molar-refractivity contribution in [3.63, 3.8) is 0 Å². The summed E-state index contributed by atoms with van der Waals surface area (Å²) >= 11 is 0. The van der Waals surface area contributed by atoms with Crippen LogP contribution in [-0.2, 0) is 31.3 Å². The summed E-state index contributed by atoms with van der Waals surface area (Å²) in [4.78, 5) is 11.2. The van der Waals surface area contributed by atoms with E-state index in [0.29, 0.717) is 0 Å². The summed E-state index contributed by atoms with van der Waals surface area (Å²) in [6.07, 6.45) is 1.39. The van der Waals surface area contributed by atoms with Gasteiger partial charge in [0.1, 0.15) is 0 Å². The van der Waals surface area contributed by atoms with Crippen molar-refractivity contribution in [3.8, 4) is 0 Å². The first kappa shape index (κ1) is 16.6. The predicted molar refractivity (Wildman–Crippen MR) is 70.5 cm³/mol. The van der Waals surface area contributed by atoms with E-state index in [0.717, 1.165) is 0 Å². The van der Waals surface area contributed by atoms with Gasteiger partial charge in [0.25, 0.3) is 10.0 Å². The van der Waals surface area contributed by atoms with Crippen molar-refractivity contribution in [2.24, 2.45) is 7.05 Å². The Balaban J connectivity index is 2.91. The molecule has 1 aromatic rings. The van der Waals surface area contributed by atoms with Gasteiger partial charge in [-0.25, -0.2) is 8.42 Å². The molecule has 0 bridgehead atoms. The van der Waals surface area contributed by atoms with E-state index >= 15 is 0 Å². The Labute approximate surface area is 118 Å². The van der Waals surface area contributed by atoms with Gasteiger partial charge in [-0.05, 0) is 6.07 Å². The van der Waals surface area contributed by atoms with Crippen molar-refractivity contribution in [2.45, 2.75) is 11.4 Å². The van der Waals surface area contributed by atoms with E-state index in [1.165, 1.54) is 35.5 Å². The SMILES string of the molecule is COCCN(CCC(=O)OC)S(=O)(=O)c1ccnn1C. The molecule has 20 heavy (non-hydrogen) atoms. The van der Waals surface area contributed by atoms with Crippen molar-refractivity contribution in [1.82, 2.24) is 14.1 Å². The zero-order chi connectivity index (χ0) is 15.2. The van der Waals surface area contributed by atoms with Crippen LogP contribution in [0.3, 0.4) is 0 Å². The molecule has 0 aromatic carbocycles. The summed E-state index contributed by atoms with van der Waals surface area (Å²) in [5, 5.41) is 3.91. The average Bonchev–Trinajstić information content (AvgIpc) is 2.85. The maximum absolute atomic E-state index is 12.5. The number of aromatic nitrogens is 2. The van der Waals surface area contributed by atoms with Gasteiger partial charge in [0.05, 0.1) is 26.3 Å². The molecule has 1 aromatic heterocycles. The first-order valence-corrected chi connectivity index (χ1v) is 7.41. The minimum Gasteiger partial charge on any atom is -0.469 e. The summed E-state index contributed by atoms with van der Waals surface area (Å²) in [6, 6.07) is 1.41. The molecule has 0 unspecified atom stereocenters. The van der Waals surface area contributed by atoms with Crippen LogP contribution >= 0.6 is 0 Å². The van der Waals surface area contributed by atoms with E-state index in [9.17, 15) is 13.2 Å². The third-order valence-corrected chi connectivity index (χ3v) is 4.69. The van der Waals surface area contributed by atoms with Crippen LogP contribution in [0.4, 0.5) is 0 Å². The normalized spacial score (nSPS) is 11.8. The number of rotatable bonds is 8. The van der Waals surface area contributed by atoms with Gasteiger partial charge in [-0.15, -0.1) is 0 Å². The first-order valence-electron chi connectivity index (χ1n) is 5.97. The standard InChI is InChI=1S/C11H19N3O5S/c1-13-10(4-6-12-13)20(16,17)14(8-9-18-2)7-5-11(15)19-3/h4,6H,5,7-9H2,1-3H3. The Kier molecular flexibility index (Phi) is 6.11. The maximum atomic E-state index is 12.5. The van der Waals surface area contributed by atoms with Gasteiger partial charge < -0.3 is 9.47 Å². The van der Waals surface area contributed by atoms with Gasteiger partial charge in [-0.2, -0.15) is 9.40 Å².